The minimum Gasteiger partial charge on any atom is -0.465 e. The predicted octanol–water partition coefficient (Wildman–Crippen LogP) is 0.558. The molecule has 4 heteroatoms. The summed E-state index contributed by atoms with van der Waals surface area (Å²) < 4.78 is 14.3. The Labute approximate surface area is 66.4 Å². The van der Waals surface area contributed by atoms with Crippen LogP contribution in [-0.2, 0) is 19.0 Å². The Morgan fingerprint density at radius 2 is 1.73 bits per heavy atom. The summed E-state index contributed by atoms with van der Waals surface area (Å²) >= 11 is 0. The first kappa shape index (κ1) is 10.4. The van der Waals surface area contributed by atoms with E-state index in [-0.39, 0.29) is 0 Å². The fraction of sp³-hybridized carbons (Fsp3) is 0.857. The van der Waals surface area contributed by atoms with Gasteiger partial charge in [0.1, 0.15) is 0 Å². The van der Waals surface area contributed by atoms with Crippen molar-refractivity contribution in [1.82, 2.24) is 0 Å². The lowest BCUT2D eigenvalue weighted by Crippen LogP contribution is -2.42. The zero-order valence-electron chi connectivity index (χ0n) is 7.34. The molecule has 0 spiro atoms. The zero-order chi connectivity index (χ0) is 8.91. The molecular formula is C7H14O4. The molecule has 0 aliphatic rings. The zero-order valence-corrected chi connectivity index (χ0v) is 7.34. The molecule has 0 aromatic carbocycles. The lowest BCUT2D eigenvalue weighted by molar-refractivity contribution is -0.228. The fourth-order valence-electron chi connectivity index (χ4n) is 0.839. The van der Waals surface area contributed by atoms with E-state index in [0.717, 1.165) is 0 Å². The highest BCUT2D eigenvalue weighted by Crippen LogP contribution is 2.17. The van der Waals surface area contributed by atoms with Gasteiger partial charge < -0.3 is 14.2 Å². The van der Waals surface area contributed by atoms with Crippen molar-refractivity contribution in [3.05, 3.63) is 0 Å². The standard InChI is InChI=1S/C7H14O4/c1-5-7(10-3,11-4)6(8)9-2/h5H2,1-4H3. The monoisotopic (exact) mass is 162 g/mol. The van der Waals surface area contributed by atoms with E-state index in [0.29, 0.717) is 6.42 Å². The van der Waals surface area contributed by atoms with Crippen molar-refractivity contribution in [2.24, 2.45) is 0 Å². The van der Waals surface area contributed by atoms with Crippen molar-refractivity contribution in [3.8, 4) is 0 Å². The second kappa shape index (κ2) is 4.31. The Bertz CT molecular complexity index is 120. The normalized spacial score (nSPS) is 11.3. The summed E-state index contributed by atoms with van der Waals surface area (Å²) in [4.78, 5) is 11.1. The molecule has 0 unspecified atom stereocenters. The summed E-state index contributed by atoms with van der Waals surface area (Å²) in [7, 11) is 4.11. The lowest BCUT2D eigenvalue weighted by atomic mass is 10.2. The van der Waals surface area contributed by atoms with Crippen molar-refractivity contribution < 1.29 is 19.0 Å². The number of carbonyl (C=O) groups excluding carboxylic acids is 1. The van der Waals surface area contributed by atoms with Gasteiger partial charge in [-0.25, -0.2) is 4.79 Å². The van der Waals surface area contributed by atoms with Gasteiger partial charge in [-0.3, -0.25) is 0 Å². The summed E-state index contributed by atoms with van der Waals surface area (Å²) in [5.74, 6) is -1.74. The van der Waals surface area contributed by atoms with Crippen molar-refractivity contribution in [2.75, 3.05) is 21.3 Å². The first-order valence-corrected chi connectivity index (χ1v) is 3.35. The quantitative estimate of drug-likeness (QED) is 0.447. The van der Waals surface area contributed by atoms with E-state index in [9.17, 15) is 4.79 Å². The van der Waals surface area contributed by atoms with Crippen LogP contribution in [0.15, 0.2) is 0 Å². The Morgan fingerprint density at radius 3 is 1.82 bits per heavy atom. The fourth-order valence-corrected chi connectivity index (χ4v) is 0.839. The van der Waals surface area contributed by atoms with Crippen LogP contribution in [0.5, 0.6) is 0 Å². The molecule has 0 amide bonds. The van der Waals surface area contributed by atoms with Gasteiger partial charge in [-0.15, -0.1) is 0 Å². The molecule has 0 aromatic heterocycles. The summed E-state index contributed by atoms with van der Waals surface area (Å²) in [6.07, 6.45) is 0.423. The number of rotatable bonds is 4. The second-order valence-electron chi connectivity index (χ2n) is 2.01. The molecule has 0 aliphatic heterocycles. The van der Waals surface area contributed by atoms with Crippen LogP contribution in [0, 0.1) is 0 Å². The third-order valence-corrected chi connectivity index (χ3v) is 1.62. The van der Waals surface area contributed by atoms with Gasteiger partial charge in [0.05, 0.1) is 7.11 Å². The number of ether oxygens (including phenoxy) is 3. The molecule has 11 heavy (non-hydrogen) atoms. The molecule has 0 rings (SSSR count). The molecule has 0 heterocycles. The molecule has 0 aromatic rings. The van der Waals surface area contributed by atoms with Crippen LogP contribution in [0.4, 0.5) is 0 Å². The summed E-state index contributed by atoms with van der Waals surface area (Å²) in [6.45, 7) is 1.78. The number of hydrogen-bond donors (Lipinski definition) is 0. The van der Waals surface area contributed by atoms with Gasteiger partial charge in [0.25, 0.3) is 5.79 Å². The van der Waals surface area contributed by atoms with Crippen LogP contribution >= 0.6 is 0 Å². The van der Waals surface area contributed by atoms with E-state index in [4.69, 9.17) is 9.47 Å². The Kier molecular flexibility index (Phi) is 4.07. The topological polar surface area (TPSA) is 44.8 Å². The Hall–Kier alpha value is -0.610. The van der Waals surface area contributed by atoms with Crippen LogP contribution < -0.4 is 0 Å². The van der Waals surface area contributed by atoms with Gasteiger partial charge in [-0.05, 0) is 0 Å². The summed E-state index contributed by atoms with van der Waals surface area (Å²) in [5, 5.41) is 0. The SMILES string of the molecule is CCC(OC)(OC)C(=O)OC. The van der Waals surface area contributed by atoms with E-state index in [1.165, 1.54) is 21.3 Å². The number of esters is 1. The largest absolute Gasteiger partial charge is 0.465 e. The van der Waals surface area contributed by atoms with Gasteiger partial charge in [0.2, 0.25) is 0 Å². The molecule has 66 valence electrons. The number of carbonyl (C=O) groups is 1. The molecule has 0 radical (unpaired) electrons. The molecule has 0 saturated carbocycles. The van der Waals surface area contributed by atoms with Gasteiger partial charge in [0.15, 0.2) is 0 Å². The molecule has 0 aliphatic carbocycles. The number of methoxy groups -OCH3 is 3. The van der Waals surface area contributed by atoms with Crippen LogP contribution in [0.3, 0.4) is 0 Å². The van der Waals surface area contributed by atoms with E-state index >= 15 is 0 Å². The molecule has 0 saturated heterocycles. The predicted molar refractivity (Wildman–Crippen MR) is 39.1 cm³/mol. The van der Waals surface area contributed by atoms with Crippen LogP contribution in [0.25, 0.3) is 0 Å². The average molecular weight is 162 g/mol. The molecule has 0 N–H and O–H groups in total. The highest BCUT2D eigenvalue weighted by molar-refractivity contribution is 5.77. The molecule has 0 atom stereocenters. The number of hydrogen-bond acceptors (Lipinski definition) is 4. The van der Waals surface area contributed by atoms with Gasteiger partial charge >= 0.3 is 5.97 Å². The Balaban J connectivity index is 4.39. The van der Waals surface area contributed by atoms with Crippen molar-refractivity contribution in [3.63, 3.8) is 0 Å². The minimum absolute atomic E-state index is 0.423. The van der Waals surface area contributed by atoms with Crippen LogP contribution in [0.2, 0.25) is 0 Å². The van der Waals surface area contributed by atoms with Crippen molar-refractivity contribution in [2.45, 2.75) is 19.1 Å². The maximum atomic E-state index is 11.1. The summed E-state index contributed by atoms with van der Waals surface area (Å²) in [5.41, 5.74) is 0. The highest BCUT2D eigenvalue weighted by Gasteiger charge is 2.38. The van der Waals surface area contributed by atoms with Crippen LogP contribution in [0.1, 0.15) is 13.3 Å². The smallest absolute Gasteiger partial charge is 0.366 e. The van der Waals surface area contributed by atoms with Gasteiger partial charge in [-0.1, -0.05) is 6.92 Å². The van der Waals surface area contributed by atoms with E-state index in [2.05, 4.69) is 4.74 Å². The maximum absolute atomic E-state index is 11.1. The maximum Gasteiger partial charge on any atom is 0.366 e. The second-order valence-corrected chi connectivity index (χ2v) is 2.01. The molecular weight excluding hydrogens is 148 g/mol. The molecule has 4 nitrogen and oxygen atoms in total. The first-order valence-electron chi connectivity index (χ1n) is 3.35. The van der Waals surface area contributed by atoms with Gasteiger partial charge in [0, 0.05) is 20.6 Å². The lowest BCUT2D eigenvalue weighted by Gasteiger charge is -2.25. The van der Waals surface area contributed by atoms with Gasteiger partial charge in [-0.2, -0.15) is 0 Å². The third-order valence-electron chi connectivity index (χ3n) is 1.62. The Morgan fingerprint density at radius 1 is 1.27 bits per heavy atom. The van der Waals surface area contributed by atoms with Crippen molar-refractivity contribution >= 4 is 5.97 Å². The minimum atomic E-state index is -1.23. The third kappa shape index (κ3) is 1.91. The average Bonchev–Trinajstić information content (AvgIpc) is 2.08. The van der Waals surface area contributed by atoms with E-state index in [1.54, 1.807) is 6.92 Å². The highest BCUT2D eigenvalue weighted by atomic mass is 16.7. The molecule has 0 bridgehead atoms. The first-order chi connectivity index (χ1) is 5.16. The van der Waals surface area contributed by atoms with Crippen LogP contribution in [-0.4, -0.2) is 33.1 Å². The van der Waals surface area contributed by atoms with E-state index in [1.807, 2.05) is 0 Å². The molecule has 0 fully saturated rings. The summed E-state index contributed by atoms with van der Waals surface area (Å²) in [6, 6.07) is 0. The van der Waals surface area contributed by atoms with Crippen molar-refractivity contribution in [1.29, 1.82) is 0 Å². The van der Waals surface area contributed by atoms with E-state index < -0.39 is 11.8 Å².